The molecule has 0 aliphatic carbocycles. The highest BCUT2D eigenvalue weighted by molar-refractivity contribution is 9.10. The smallest absolute Gasteiger partial charge is 0.410 e. The molecule has 1 saturated heterocycles. The van der Waals surface area contributed by atoms with E-state index in [1.165, 1.54) is 0 Å². The molecule has 1 N–H and O–H groups in total. The van der Waals surface area contributed by atoms with Crippen LogP contribution in [0.3, 0.4) is 0 Å². The van der Waals surface area contributed by atoms with Gasteiger partial charge in [-0.15, -0.1) is 0 Å². The maximum absolute atomic E-state index is 12.6. The lowest BCUT2D eigenvalue weighted by Gasteiger charge is -2.33. The molecule has 33 heavy (non-hydrogen) atoms. The van der Waals surface area contributed by atoms with Gasteiger partial charge in [0.25, 0.3) is 0 Å². The predicted octanol–water partition coefficient (Wildman–Crippen LogP) is 5.24. The first kappa shape index (κ1) is 25.1. The Hall–Kier alpha value is -2.55. The summed E-state index contributed by atoms with van der Waals surface area (Å²) in [5, 5.41) is 4.25. The van der Waals surface area contributed by atoms with Gasteiger partial charge in [0.2, 0.25) is 0 Å². The van der Waals surface area contributed by atoms with E-state index in [1.54, 1.807) is 25.1 Å². The second-order valence-corrected chi connectivity index (χ2v) is 9.92. The Morgan fingerprint density at radius 3 is 2.55 bits per heavy atom. The highest BCUT2D eigenvalue weighted by atomic mass is 79.9. The number of nitrogens with one attached hydrogen (secondary N) is 1. The first-order valence-electron chi connectivity index (χ1n) is 11.2. The fraction of sp³-hybridized carbons (Fsp3) is 0.542. The number of halogens is 1. The number of ether oxygens (including phenoxy) is 3. The highest BCUT2D eigenvalue weighted by Gasteiger charge is 2.27. The zero-order valence-electron chi connectivity index (χ0n) is 19.9. The van der Waals surface area contributed by atoms with Crippen LogP contribution in [0, 0.1) is 5.92 Å². The minimum atomic E-state index is -0.503. The van der Waals surface area contributed by atoms with E-state index in [-0.39, 0.29) is 12.7 Å². The van der Waals surface area contributed by atoms with Gasteiger partial charge in [-0.05, 0) is 74.5 Å². The molecule has 0 atom stereocenters. The average Bonchev–Trinajstić information content (AvgIpc) is 2.76. The molecule has 1 aromatic carbocycles. The molecule has 180 valence electrons. The van der Waals surface area contributed by atoms with Crippen molar-refractivity contribution in [3.63, 3.8) is 0 Å². The molecule has 1 aliphatic heterocycles. The number of aromatic nitrogens is 1. The van der Waals surface area contributed by atoms with Crippen molar-refractivity contribution in [2.75, 3.05) is 38.7 Å². The zero-order chi connectivity index (χ0) is 24.2. The molecule has 0 radical (unpaired) electrons. The van der Waals surface area contributed by atoms with Gasteiger partial charge in [-0.25, -0.2) is 9.59 Å². The van der Waals surface area contributed by atoms with Crippen molar-refractivity contribution in [2.24, 2.45) is 5.92 Å². The molecule has 0 bridgehead atoms. The van der Waals surface area contributed by atoms with Gasteiger partial charge < -0.3 is 24.4 Å². The molecular weight excluding hydrogens is 490 g/mol. The van der Waals surface area contributed by atoms with Crippen molar-refractivity contribution < 1.29 is 23.8 Å². The number of carbonyl (C=O) groups is 2. The lowest BCUT2D eigenvalue weighted by atomic mass is 9.96. The quantitative estimate of drug-likeness (QED) is 0.519. The third-order valence-corrected chi connectivity index (χ3v) is 6.07. The number of hydrogen-bond donors (Lipinski definition) is 1. The molecule has 2 heterocycles. The third-order valence-electron chi connectivity index (χ3n) is 5.46. The molecule has 0 unspecified atom stereocenters. The van der Waals surface area contributed by atoms with Crippen molar-refractivity contribution in [3.8, 4) is 5.75 Å². The maximum Gasteiger partial charge on any atom is 0.410 e. The van der Waals surface area contributed by atoms with E-state index >= 15 is 0 Å². The van der Waals surface area contributed by atoms with E-state index in [4.69, 9.17) is 14.2 Å². The van der Waals surface area contributed by atoms with Crippen LogP contribution in [-0.4, -0.2) is 60.9 Å². The lowest BCUT2D eigenvalue weighted by Crippen LogP contribution is -2.42. The Balaban J connectivity index is 1.78. The summed E-state index contributed by atoms with van der Waals surface area (Å²) in [6, 6.07) is 3.71. The van der Waals surface area contributed by atoms with Crippen molar-refractivity contribution in [2.45, 2.75) is 46.1 Å². The number of piperidine rings is 1. The van der Waals surface area contributed by atoms with E-state index in [2.05, 4.69) is 26.2 Å². The van der Waals surface area contributed by atoms with E-state index in [0.29, 0.717) is 42.6 Å². The molecule has 1 aliphatic rings. The van der Waals surface area contributed by atoms with Gasteiger partial charge in [0.15, 0.2) is 0 Å². The Labute approximate surface area is 203 Å². The molecule has 0 spiro atoms. The van der Waals surface area contributed by atoms with Crippen LogP contribution >= 0.6 is 15.9 Å². The van der Waals surface area contributed by atoms with Gasteiger partial charge in [0.1, 0.15) is 16.9 Å². The number of hydrogen-bond acceptors (Lipinski definition) is 7. The molecule has 1 aromatic heterocycles. The van der Waals surface area contributed by atoms with Crippen LogP contribution in [0.5, 0.6) is 5.75 Å². The molecule has 2 aromatic rings. The lowest BCUT2D eigenvalue weighted by molar-refractivity contribution is 0.0187. The summed E-state index contributed by atoms with van der Waals surface area (Å²) in [7, 11) is 1.60. The molecular formula is C24H32BrN3O5. The summed E-state index contributed by atoms with van der Waals surface area (Å²) < 4.78 is 16.9. The zero-order valence-corrected chi connectivity index (χ0v) is 21.5. The minimum Gasteiger partial charge on any atom is -0.497 e. The average molecular weight is 522 g/mol. The number of fused-ring (bicyclic) bond motifs is 1. The normalized spacial score (nSPS) is 14.8. The number of anilines is 1. The summed E-state index contributed by atoms with van der Waals surface area (Å²) in [5.41, 5.74) is 1.28. The minimum absolute atomic E-state index is 0.268. The highest BCUT2D eigenvalue weighted by Crippen LogP contribution is 2.35. The van der Waals surface area contributed by atoms with E-state index in [9.17, 15) is 9.59 Å². The van der Waals surface area contributed by atoms with Gasteiger partial charge in [-0.1, -0.05) is 0 Å². The predicted molar refractivity (Wildman–Crippen MR) is 131 cm³/mol. The Morgan fingerprint density at radius 1 is 1.24 bits per heavy atom. The number of carbonyl (C=O) groups excluding carboxylic acids is 2. The number of amides is 1. The first-order valence-corrected chi connectivity index (χ1v) is 12.0. The number of benzene rings is 1. The molecule has 9 heteroatoms. The third kappa shape index (κ3) is 6.28. The van der Waals surface area contributed by atoms with Crippen LogP contribution in [0.2, 0.25) is 0 Å². The van der Waals surface area contributed by atoms with Crippen LogP contribution in [0.15, 0.2) is 22.8 Å². The Morgan fingerprint density at radius 2 is 1.94 bits per heavy atom. The topological polar surface area (TPSA) is 90.0 Å². The Kier molecular flexibility index (Phi) is 8.05. The largest absolute Gasteiger partial charge is 0.497 e. The van der Waals surface area contributed by atoms with Crippen molar-refractivity contribution >= 4 is 44.6 Å². The van der Waals surface area contributed by atoms with E-state index < -0.39 is 11.6 Å². The maximum atomic E-state index is 12.6. The van der Waals surface area contributed by atoms with Gasteiger partial charge in [0, 0.05) is 35.7 Å². The van der Waals surface area contributed by atoms with Crippen molar-refractivity contribution in [1.82, 2.24) is 9.88 Å². The fourth-order valence-electron chi connectivity index (χ4n) is 3.80. The molecule has 3 rings (SSSR count). The molecule has 1 amide bonds. The molecule has 8 nitrogen and oxygen atoms in total. The van der Waals surface area contributed by atoms with Crippen molar-refractivity contribution in [3.05, 3.63) is 28.4 Å². The number of esters is 1. The number of rotatable bonds is 6. The van der Waals surface area contributed by atoms with E-state index in [0.717, 1.165) is 28.2 Å². The van der Waals surface area contributed by atoms with Gasteiger partial charge in [-0.3, -0.25) is 4.98 Å². The summed E-state index contributed by atoms with van der Waals surface area (Å²) in [6.07, 6.45) is 2.97. The monoisotopic (exact) mass is 521 g/mol. The summed E-state index contributed by atoms with van der Waals surface area (Å²) in [4.78, 5) is 31.2. The summed E-state index contributed by atoms with van der Waals surface area (Å²) in [5.74, 6) is 0.579. The first-order chi connectivity index (χ1) is 15.6. The SMILES string of the molecule is CCOC(=O)c1cnc2c(Br)cc(OC)cc2c1NCC1CCN(C(=O)OC(C)(C)C)CC1. The number of nitrogens with zero attached hydrogens (tertiary/aromatic N) is 2. The molecule has 0 saturated carbocycles. The number of likely N-dealkylation sites (tertiary alicyclic amines) is 1. The second kappa shape index (κ2) is 10.6. The van der Waals surface area contributed by atoms with E-state index in [1.807, 2.05) is 32.9 Å². The van der Waals surface area contributed by atoms with Gasteiger partial charge in [0.05, 0.1) is 24.9 Å². The van der Waals surface area contributed by atoms with Crippen LogP contribution in [-0.2, 0) is 9.47 Å². The Bertz CT molecular complexity index is 1010. The van der Waals surface area contributed by atoms with Crippen LogP contribution in [0.4, 0.5) is 10.5 Å². The van der Waals surface area contributed by atoms with Crippen molar-refractivity contribution in [1.29, 1.82) is 0 Å². The number of methoxy groups -OCH3 is 1. The second-order valence-electron chi connectivity index (χ2n) is 9.06. The van der Waals surface area contributed by atoms with Gasteiger partial charge >= 0.3 is 12.1 Å². The number of pyridine rings is 1. The van der Waals surface area contributed by atoms with Crippen LogP contribution in [0.1, 0.15) is 50.9 Å². The standard InChI is InChI=1S/C24H32BrN3O5/c1-6-32-22(29)18-14-27-21-17(11-16(31-5)12-19(21)25)20(18)26-13-15-7-9-28(10-8-15)23(30)33-24(2,3)4/h11-12,14-15H,6-10,13H2,1-5H3,(H,26,27). The molecule has 1 fully saturated rings. The summed E-state index contributed by atoms with van der Waals surface area (Å²) in [6.45, 7) is 9.60. The van der Waals surface area contributed by atoms with Crippen LogP contribution < -0.4 is 10.1 Å². The van der Waals surface area contributed by atoms with Gasteiger partial charge in [-0.2, -0.15) is 0 Å². The van der Waals surface area contributed by atoms with Crippen LogP contribution in [0.25, 0.3) is 10.9 Å². The summed E-state index contributed by atoms with van der Waals surface area (Å²) >= 11 is 3.55. The fourth-order valence-corrected chi connectivity index (χ4v) is 4.34.